The molecule has 2 rings (SSSR count). The number of carbonyl (C=O) groups excluding carboxylic acids is 1. The Bertz CT molecular complexity index is 653. The van der Waals surface area contributed by atoms with E-state index in [9.17, 15) is 9.59 Å². The molecule has 0 aliphatic heterocycles. The maximum Gasteiger partial charge on any atom is 0.254 e. The number of benzene rings is 1. The molecule has 1 heterocycles. The summed E-state index contributed by atoms with van der Waals surface area (Å²) in [6, 6.07) is 7.73. The Morgan fingerprint density at radius 2 is 2.06 bits per heavy atom. The highest BCUT2D eigenvalue weighted by atomic mass is 16.1. The van der Waals surface area contributed by atoms with Gasteiger partial charge in [0.1, 0.15) is 5.78 Å². The van der Waals surface area contributed by atoms with Gasteiger partial charge in [-0.2, -0.15) is 0 Å². The maximum absolute atomic E-state index is 12.1. The van der Waals surface area contributed by atoms with Crippen LogP contribution in [0.2, 0.25) is 0 Å². The van der Waals surface area contributed by atoms with Crippen molar-refractivity contribution in [1.82, 2.24) is 4.57 Å². The predicted octanol–water partition coefficient (Wildman–Crippen LogP) is 1.98. The van der Waals surface area contributed by atoms with E-state index in [0.717, 1.165) is 16.5 Å². The van der Waals surface area contributed by atoms with E-state index in [0.29, 0.717) is 5.56 Å². The van der Waals surface area contributed by atoms with Crippen LogP contribution in [0.25, 0.3) is 10.9 Å². The molecule has 0 aliphatic rings. The SMILES string of the molecule is CC(=O)Cc1cc2cccc(C)c2n(C)c1=O. The second-order valence-corrected chi connectivity index (χ2v) is 4.43. The van der Waals surface area contributed by atoms with Gasteiger partial charge in [0, 0.05) is 19.0 Å². The lowest BCUT2D eigenvalue weighted by molar-refractivity contribution is -0.116. The molecule has 0 spiro atoms. The van der Waals surface area contributed by atoms with Crippen molar-refractivity contribution in [3.05, 3.63) is 45.7 Å². The first kappa shape index (κ1) is 11.6. The lowest BCUT2D eigenvalue weighted by Gasteiger charge is -2.10. The van der Waals surface area contributed by atoms with Gasteiger partial charge in [-0.15, -0.1) is 0 Å². The van der Waals surface area contributed by atoms with Crippen LogP contribution in [0.3, 0.4) is 0 Å². The van der Waals surface area contributed by atoms with Crippen LogP contribution in [0.15, 0.2) is 29.1 Å². The van der Waals surface area contributed by atoms with Crippen molar-refractivity contribution in [2.75, 3.05) is 0 Å². The third kappa shape index (κ3) is 2.00. The van der Waals surface area contributed by atoms with Crippen molar-refractivity contribution >= 4 is 16.7 Å². The highest BCUT2D eigenvalue weighted by Gasteiger charge is 2.09. The van der Waals surface area contributed by atoms with Crippen molar-refractivity contribution in [2.24, 2.45) is 7.05 Å². The van der Waals surface area contributed by atoms with E-state index in [1.807, 2.05) is 31.2 Å². The summed E-state index contributed by atoms with van der Waals surface area (Å²) in [6.07, 6.45) is 0.205. The van der Waals surface area contributed by atoms with E-state index in [2.05, 4.69) is 0 Å². The van der Waals surface area contributed by atoms with E-state index in [1.165, 1.54) is 6.92 Å². The van der Waals surface area contributed by atoms with E-state index in [-0.39, 0.29) is 17.8 Å². The number of rotatable bonds is 2. The number of ketones is 1. The Morgan fingerprint density at radius 1 is 1.35 bits per heavy atom. The molecule has 0 atom stereocenters. The van der Waals surface area contributed by atoms with Crippen molar-refractivity contribution < 1.29 is 4.79 Å². The summed E-state index contributed by atoms with van der Waals surface area (Å²) in [5.41, 5.74) is 2.49. The van der Waals surface area contributed by atoms with Gasteiger partial charge in [-0.1, -0.05) is 18.2 Å². The first-order valence-electron chi connectivity index (χ1n) is 5.58. The highest BCUT2D eigenvalue weighted by molar-refractivity contribution is 5.84. The molecule has 0 fully saturated rings. The molecule has 17 heavy (non-hydrogen) atoms. The van der Waals surface area contributed by atoms with Gasteiger partial charge >= 0.3 is 0 Å². The van der Waals surface area contributed by atoms with Crippen molar-refractivity contribution in [3.8, 4) is 0 Å². The van der Waals surface area contributed by atoms with Crippen LogP contribution in [0, 0.1) is 6.92 Å². The van der Waals surface area contributed by atoms with Gasteiger partial charge in [-0.3, -0.25) is 9.59 Å². The number of fused-ring (bicyclic) bond motifs is 1. The number of hydrogen-bond acceptors (Lipinski definition) is 2. The molecule has 0 aliphatic carbocycles. The average molecular weight is 229 g/mol. The number of para-hydroxylation sites is 1. The molecule has 88 valence electrons. The van der Waals surface area contributed by atoms with E-state index in [4.69, 9.17) is 0 Å². The average Bonchev–Trinajstić information content (AvgIpc) is 2.24. The van der Waals surface area contributed by atoms with Gasteiger partial charge in [-0.25, -0.2) is 0 Å². The highest BCUT2D eigenvalue weighted by Crippen LogP contribution is 2.17. The molecule has 0 saturated heterocycles. The van der Waals surface area contributed by atoms with Crippen molar-refractivity contribution in [3.63, 3.8) is 0 Å². The summed E-state index contributed by atoms with van der Waals surface area (Å²) >= 11 is 0. The second-order valence-electron chi connectivity index (χ2n) is 4.43. The summed E-state index contributed by atoms with van der Waals surface area (Å²) in [6.45, 7) is 3.48. The zero-order chi connectivity index (χ0) is 12.6. The Balaban J connectivity index is 2.80. The third-order valence-electron chi connectivity index (χ3n) is 2.95. The van der Waals surface area contributed by atoms with E-state index >= 15 is 0 Å². The topological polar surface area (TPSA) is 39.1 Å². The Kier molecular flexibility index (Phi) is 2.84. The molecule has 0 unspecified atom stereocenters. The standard InChI is InChI=1S/C14H15NO2/c1-9-5-4-6-11-8-12(7-10(2)16)14(17)15(3)13(9)11/h4-6,8H,7H2,1-3H3. The van der Waals surface area contributed by atoms with Gasteiger partial charge in [-0.05, 0) is 30.9 Å². The molecule has 3 heteroatoms. The van der Waals surface area contributed by atoms with Crippen LogP contribution in [0.1, 0.15) is 18.1 Å². The smallest absolute Gasteiger partial charge is 0.254 e. The van der Waals surface area contributed by atoms with Gasteiger partial charge in [0.15, 0.2) is 0 Å². The monoisotopic (exact) mass is 229 g/mol. The number of aromatic nitrogens is 1. The summed E-state index contributed by atoms with van der Waals surface area (Å²) < 4.78 is 1.63. The van der Waals surface area contributed by atoms with E-state index in [1.54, 1.807) is 11.6 Å². The van der Waals surface area contributed by atoms with Gasteiger partial charge in [0.2, 0.25) is 0 Å². The number of pyridine rings is 1. The molecule has 1 aromatic carbocycles. The minimum atomic E-state index is -0.0815. The minimum Gasteiger partial charge on any atom is -0.311 e. The lowest BCUT2D eigenvalue weighted by Crippen LogP contribution is -2.23. The predicted molar refractivity (Wildman–Crippen MR) is 68.3 cm³/mol. The van der Waals surface area contributed by atoms with Crippen LogP contribution in [0.4, 0.5) is 0 Å². The number of aryl methyl sites for hydroxylation is 2. The molecular weight excluding hydrogens is 214 g/mol. The first-order valence-corrected chi connectivity index (χ1v) is 5.58. The molecule has 0 N–H and O–H groups in total. The third-order valence-corrected chi connectivity index (χ3v) is 2.95. The van der Waals surface area contributed by atoms with Crippen LogP contribution >= 0.6 is 0 Å². The Labute approximate surface area is 99.7 Å². The van der Waals surface area contributed by atoms with Gasteiger partial charge < -0.3 is 4.57 Å². The number of hydrogen-bond donors (Lipinski definition) is 0. The second kappa shape index (κ2) is 4.17. The first-order chi connectivity index (χ1) is 8.00. The summed E-state index contributed by atoms with van der Waals surface area (Å²) in [5, 5.41) is 1.00. The van der Waals surface area contributed by atoms with Crippen molar-refractivity contribution in [2.45, 2.75) is 20.3 Å². The zero-order valence-electron chi connectivity index (χ0n) is 10.3. The number of carbonyl (C=O) groups is 1. The number of Topliss-reactive ketones (excluding diaryl/α,β-unsaturated/α-hetero) is 1. The number of nitrogens with zero attached hydrogens (tertiary/aromatic N) is 1. The Hall–Kier alpha value is -1.90. The normalized spacial score (nSPS) is 10.8. The quantitative estimate of drug-likeness (QED) is 0.789. The molecule has 1 aromatic heterocycles. The van der Waals surface area contributed by atoms with Crippen LogP contribution in [-0.2, 0) is 18.3 Å². The molecule has 2 aromatic rings. The van der Waals surface area contributed by atoms with Gasteiger partial charge in [0.05, 0.1) is 5.52 Å². The van der Waals surface area contributed by atoms with E-state index < -0.39 is 0 Å². The largest absolute Gasteiger partial charge is 0.311 e. The minimum absolute atomic E-state index is 0.00843. The molecule has 3 nitrogen and oxygen atoms in total. The zero-order valence-corrected chi connectivity index (χ0v) is 10.3. The van der Waals surface area contributed by atoms with Crippen LogP contribution in [-0.4, -0.2) is 10.4 Å². The molecule has 0 saturated carbocycles. The van der Waals surface area contributed by atoms with Gasteiger partial charge in [0.25, 0.3) is 5.56 Å². The molecular formula is C14H15NO2. The fraction of sp³-hybridized carbons (Fsp3) is 0.286. The molecule has 0 radical (unpaired) electrons. The fourth-order valence-corrected chi connectivity index (χ4v) is 2.22. The fourth-order valence-electron chi connectivity index (χ4n) is 2.22. The van der Waals surface area contributed by atoms with Crippen LogP contribution in [0.5, 0.6) is 0 Å². The Morgan fingerprint density at radius 3 is 2.71 bits per heavy atom. The van der Waals surface area contributed by atoms with Crippen LogP contribution < -0.4 is 5.56 Å². The lowest BCUT2D eigenvalue weighted by atomic mass is 10.1. The summed E-state index contributed by atoms with van der Waals surface area (Å²) in [7, 11) is 1.75. The molecule has 0 bridgehead atoms. The maximum atomic E-state index is 12.1. The summed E-state index contributed by atoms with van der Waals surface area (Å²) in [5.74, 6) is 0.00843. The summed E-state index contributed by atoms with van der Waals surface area (Å²) in [4.78, 5) is 23.2. The molecule has 0 amide bonds. The van der Waals surface area contributed by atoms with Crippen molar-refractivity contribution in [1.29, 1.82) is 0 Å².